The van der Waals surface area contributed by atoms with Crippen molar-refractivity contribution in [2.75, 3.05) is 11.9 Å². The number of hydrogen-bond acceptors (Lipinski definition) is 5. The minimum atomic E-state index is -0.971. The van der Waals surface area contributed by atoms with Crippen molar-refractivity contribution in [3.8, 4) is 11.3 Å². The van der Waals surface area contributed by atoms with Crippen molar-refractivity contribution in [3.05, 3.63) is 71.7 Å². The molecule has 0 saturated heterocycles. The van der Waals surface area contributed by atoms with Gasteiger partial charge < -0.3 is 10.4 Å². The maximum Gasteiger partial charge on any atom is 0.159 e. The molecule has 0 bridgehead atoms. The summed E-state index contributed by atoms with van der Waals surface area (Å²) < 4.78 is 26.7. The van der Waals surface area contributed by atoms with Crippen LogP contribution in [0.25, 0.3) is 22.2 Å². The fraction of sp³-hybridized carbons (Fsp3) is 0.150. The van der Waals surface area contributed by atoms with Gasteiger partial charge in [-0.2, -0.15) is 5.10 Å². The molecule has 0 spiro atoms. The first-order valence-electron chi connectivity index (χ1n) is 8.64. The molecule has 2 heterocycles. The Hall–Kier alpha value is -3.39. The Bertz CT molecular complexity index is 1140. The fourth-order valence-electron chi connectivity index (χ4n) is 3.01. The highest BCUT2D eigenvalue weighted by atomic mass is 19.2. The summed E-state index contributed by atoms with van der Waals surface area (Å²) in [6, 6.07) is 8.61. The molecule has 0 fully saturated rings. The summed E-state index contributed by atoms with van der Waals surface area (Å²) in [6.07, 6.45) is 3.14. The molecule has 0 aliphatic carbocycles. The van der Waals surface area contributed by atoms with Crippen LogP contribution in [0.1, 0.15) is 17.3 Å². The Morgan fingerprint density at radius 1 is 1.11 bits per heavy atom. The second-order valence-corrected chi connectivity index (χ2v) is 6.42. The van der Waals surface area contributed by atoms with E-state index in [-0.39, 0.29) is 6.61 Å². The highest BCUT2D eigenvalue weighted by molar-refractivity contribution is 5.85. The molecule has 4 rings (SSSR count). The molecular weight excluding hydrogens is 364 g/mol. The van der Waals surface area contributed by atoms with Crippen LogP contribution in [0.5, 0.6) is 0 Å². The zero-order valence-corrected chi connectivity index (χ0v) is 14.9. The van der Waals surface area contributed by atoms with E-state index in [1.807, 2.05) is 25.1 Å². The van der Waals surface area contributed by atoms with Gasteiger partial charge in [-0.25, -0.2) is 13.8 Å². The highest BCUT2D eigenvalue weighted by Crippen LogP contribution is 2.25. The molecular formula is C20H17F2N5O. The Morgan fingerprint density at radius 2 is 1.96 bits per heavy atom. The van der Waals surface area contributed by atoms with E-state index in [9.17, 15) is 13.9 Å². The Morgan fingerprint density at radius 3 is 2.75 bits per heavy atom. The predicted octanol–water partition coefficient (Wildman–Crippen LogP) is 3.75. The first kappa shape index (κ1) is 18.0. The number of aliphatic hydroxyl groups is 1. The number of benzene rings is 2. The first-order chi connectivity index (χ1) is 13.5. The van der Waals surface area contributed by atoms with Crippen molar-refractivity contribution in [2.45, 2.75) is 13.0 Å². The van der Waals surface area contributed by atoms with Gasteiger partial charge in [0.1, 0.15) is 5.82 Å². The maximum atomic E-state index is 13.5. The van der Waals surface area contributed by atoms with Crippen molar-refractivity contribution >= 4 is 16.7 Å². The Labute approximate surface area is 159 Å². The number of hydrogen-bond donors (Lipinski definition) is 3. The molecule has 3 N–H and O–H groups in total. The van der Waals surface area contributed by atoms with Gasteiger partial charge in [0.15, 0.2) is 11.6 Å². The van der Waals surface area contributed by atoms with Crippen molar-refractivity contribution in [1.29, 1.82) is 0 Å². The smallest absolute Gasteiger partial charge is 0.159 e. The third kappa shape index (κ3) is 3.41. The number of rotatable bonds is 5. The van der Waals surface area contributed by atoms with Crippen LogP contribution in [0, 0.1) is 18.6 Å². The van der Waals surface area contributed by atoms with Gasteiger partial charge in [-0.05, 0) is 36.8 Å². The number of fused-ring (bicyclic) bond motifs is 1. The van der Waals surface area contributed by atoms with Gasteiger partial charge in [-0.3, -0.25) is 10.1 Å². The van der Waals surface area contributed by atoms with Gasteiger partial charge in [-0.15, -0.1) is 0 Å². The summed E-state index contributed by atoms with van der Waals surface area (Å²) in [4.78, 5) is 8.73. The zero-order chi connectivity index (χ0) is 19.7. The van der Waals surface area contributed by atoms with Crippen LogP contribution in [0.4, 0.5) is 14.6 Å². The molecule has 28 heavy (non-hydrogen) atoms. The highest BCUT2D eigenvalue weighted by Gasteiger charge is 2.14. The van der Waals surface area contributed by atoms with E-state index < -0.39 is 17.7 Å². The van der Waals surface area contributed by atoms with E-state index in [4.69, 9.17) is 0 Å². The first-order valence-corrected chi connectivity index (χ1v) is 8.64. The molecule has 2 aromatic carbocycles. The van der Waals surface area contributed by atoms with E-state index in [0.717, 1.165) is 34.3 Å². The van der Waals surface area contributed by atoms with Crippen LogP contribution in [-0.4, -0.2) is 31.9 Å². The lowest BCUT2D eigenvalue weighted by Gasteiger charge is -2.17. The molecule has 142 valence electrons. The molecule has 0 unspecified atom stereocenters. The molecule has 0 radical (unpaired) electrons. The van der Waals surface area contributed by atoms with Crippen LogP contribution >= 0.6 is 0 Å². The predicted molar refractivity (Wildman–Crippen MR) is 102 cm³/mol. The minimum Gasteiger partial charge on any atom is -0.394 e. The van der Waals surface area contributed by atoms with Crippen LogP contribution in [0.3, 0.4) is 0 Å². The van der Waals surface area contributed by atoms with Gasteiger partial charge in [0, 0.05) is 16.6 Å². The topological polar surface area (TPSA) is 86.7 Å². The number of anilines is 1. The van der Waals surface area contributed by atoms with Crippen LogP contribution in [-0.2, 0) is 0 Å². The van der Waals surface area contributed by atoms with Crippen molar-refractivity contribution < 1.29 is 13.9 Å². The summed E-state index contributed by atoms with van der Waals surface area (Å²) in [7, 11) is 0. The molecule has 0 aliphatic rings. The van der Waals surface area contributed by atoms with E-state index in [1.165, 1.54) is 12.3 Å². The zero-order valence-electron chi connectivity index (χ0n) is 14.9. The number of aromatic amines is 1. The second-order valence-electron chi connectivity index (χ2n) is 6.42. The summed E-state index contributed by atoms with van der Waals surface area (Å²) in [5.74, 6) is -1.50. The molecule has 4 aromatic rings. The molecule has 8 heteroatoms. The minimum absolute atomic E-state index is 0.322. The number of aromatic nitrogens is 4. The largest absolute Gasteiger partial charge is 0.394 e. The number of aryl methyl sites for hydroxylation is 1. The Kier molecular flexibility index (Phi) is 4.70. The monoisotopic (exact) mass is 381 g/mol. The standard InChI is InChI=1S/C20H17F2N5O/c1-11-14-6-12(3-5-17(14)27-26-11)18-8-23-9-20(24-18)25-19(10-28)13-2-4-15(21)16(22)7-13/h2-9,19,28H,10H2,1H3,(H,24,25)(H,26,27)/t19-/m0/s1. The number of aliphatic hydroxyl groups excluding tert-OH is 1. The van der Waals surface area contributed by atoms with Gasteiger partial charge in [0.2, 0.25) is 0 Å². The average molecular weight is 381 g/mol. The number of nitrogens with one attached hydrogen (secondary N) is 2. The van der Waals surface area contributed by atoms with Gasteiger partial charge in [0.25, 0.3) is 0 Å². The number of halogens is 2. The van der Waals surface area contributed by atoms with Gasteiger partial charge in [-0.1, -0.05) is 12.1 Å². The third-order valence-corrected chi connectivity index (χ3v) is 4.53. The number of nitrogens with zero attached hydrogens (tertiary/aromatic N) is 3. The van der Waals surface area contributed by atoms with Crippen molar-refractivity contribution in [2.24, 2.45) is 0 Å². The number of H-pyrrole nitrogens is 1. The maximum absolute atomic E-state index is 13.5. The summed E-state index contributed by atoms with van der Waals surface area (Å²) in [6.45, 7) is 1.62. The SMILES string of the molecule is Cc1[nH]nc2ccc(-c3cncc(N[C@@H](CO)c4ccc(F)c(F)c4)n3)cc12. The van der Waals surface area contributed by atoms with Gasteiger partial charge in [0.05, 0.1) is 36.3 Å². The van der Waals surface area contributed by atoms with Gasteiger partial charge >= 0.3 is 0 Å². The lowest BCUT2D eigenvalue weighted by molar-refractivity contribution is 0.275. The summed E-state index contributed by atoms with van der Waals surface area (Å²) in [5.41, 5.74) is 3.72. The second kappa shape index (κ2) is 7.32. The fourth-order valence-corrected chi connectivity index (χ4v) is 3.01. The van der Waals surface area contributed by atoms with E-state index in [2.05, 4.69) is 25.5 Å². The van der Waals surface area contributed by atoms with E-state index >= 15 is 0 Å². The van der Waals surface area contributed by atoms with Crippen LogP contribution < -0.4 is 5.32 Å². The molecule has 1 atom stereocenters. The molecule has 0 aliphatic heterocycles. The molecule has 0 amide bonds. The van der Waals surface area contributed by atoms with Crippen molar-refractivity contribution in [1.82, 2.24) is 20.2 Å². The quantitative estimate of drug-likeness (QED) is 0.490. The molecule has 6 nitrogen and oxygen atoms in total. The average Bonchev–Trinajstić information content (AvgIpc) is 3.09. The normalized spacial score (nSPS) is 12.3. The lowest BCUT2D eigenvalue weighted by Crippen LogP contribution is -2.16. The van der Waals surface area contributed by atoms with Crippen LogP contribution in [0.15, 0.2) is 48.8 Å². The lowest BCUT2D eigenvalue weighted by atomic mass is 10.1. The van der Waals surface area contributed by atoms with Crippen LogP contribution in [0.2, 0.25) is 0 Å². The van der Waals surface area contributed by atoms with E-state index in [1.54, 1.807) is 6.20 Å². The molecule has 0 saturated carbocycles. The Balaban J connectivity index is 1.63. The van der Waals surface area contributed by atoms with Crippen molar-refractivity contribution in [3.63, 3.8) is 0 Å². The third-order valence-electron chi connectivity index (χ3n) is 4.53. The van der Waals surface area contributed by atoms with E-state index in [0.29, 0.717) is 17.1 Å². The molecule has 2 aromatic heterocycles. The summed E-state index contributed by atoms with van der Waals surface area (Å²) >= 11 is 0. The summed E-state index contributed by atoms with van der Waals surface area (Å²) in [5, 5.41) is 20.8.